The lowest BCUT2D eigenvalue weighted by Gasteiger charge is -2.22. The standard InChI is InChI=1S/C23H29N5O3S/c1-3-12-27(14-18-8-6-17(2)7-9-18)22(30)16-32-23-26-25-21(11-10-20(24)29)28(23)15-19-5-4-13-31-19/h4-9,13H,3,10-12,14-16H2,1-2H3,(H2,24,29). The van der Waals surface area contributed by atoms with Gasteiger partial charge in [0, 0.05) is 25.9 Å². The summed E-state index contributed by atoms with van der Waals surface area (Å²) in [5, 5.41) is 9.09. The Bertz CT molecular complexity index is 1010. The number of amides is 2. The van der Waals surface area contributed by atoms with Crippen LogP contribution in [0.2, 0.25) is 0 Å². The molecule has 0 atom stereocenters. The summed E-state index contributed by atoms with van der Waals surface area (Å²) in [4.78, 5) is 26.1. The number of hydrogen-bond donors (Lipinski definition) is 1. The Balaban J connectivity index is 1.69. The van der Waals surface area contributed by atoms with Crippen molar-refractivity contribution in [3.8, 4) is 0 Å². The molecule has 0 aliphatic carbocycles. The van der Waals surface area contributed by atoms with Gasteiger partial charge in [-0.1, -0.05) is 48.5 Å². The van der Waals surface area contributed by atoms with Gasteiger partial charge >= 0.3 is 0 Å². The highest BCUT2D eigenvalue weighted by molar-refractivity contribution is 7.99. The molecule has 9 heteroatoms. The van der Waals surface area contributed by atoms with Gasteiger partial charge < -0.3 is 15.1 Å². The third-order valence-electron chi connectivity index (χ3n) is 4.95. The number of nitrogens with zero attached hydrogens (tertiary/aromatic N) is 4. The summed E-state index contributed by atoms with van der Waals surface area (Å²) in [7, 11) is 0. The highest BCUT2D eigenvalue weighted by atomic mass is 32.2. The van der Waals surface area contributed by atoms with E-state index in [0.29, 0.717) is 37.0 Å². The van der Waals surface area contributed by atoms with Crippen LogP contribution >= 0.6 is 11.8 Å². The second kappa shape index (κ2) is 11.5. The Morgan fingerprint density at radius 2 is 1.97 bits per heavy atom. The Morgan fingerprint density at radius 3 is 2.62 bits per heavy atom. The van der Waals surface area contributed by atoms with Crippen molar-refractivity contribution in [2.45, 2.75) is 51.4 Å². The van der Waals surface area contributed by atoms with Gasteiger partial charge in [-0.3, -0.25) is 14.2 Å². The Kier molecular flexibility index (Phi) is 8.49. The van der Waals surface area contributed by atoms with E-state index in [4.69, 9.17) is 10.2 Å². The number of aromatic nitrogens is 3. The first-order chi connectivity index (χ1) is 15.5. The van der Waals surface area contributed by atoms with Gasteiger partial charge in [0.15, 0.2) is 5.16 Å². The highest BCUT2D eigenvalue weighted by Gasteiger charge is 2.19. The number of hydrogen-bond acceptors (Lipinski definition) is 6. The summed E-state index contributed by atoms with van der Waals surface area (Å²) in [6, 6.07) is 11.9. The zero-order valence-corrected chi connectivity index (χ0v) is 19.3. The predicted octanol–water partition coefficient (Wildman–Crippen LogP) is 3.18. The fraction of sp³-hybridized carbons (Fsp3) is 0.391. The Hall–Kier alpha value is -3.07. The van der Waals surface area contributed by atoms with Crippen molar-refractivity contribution >= 4 is 23.6 Å². The van der Waals surface area contributed by atoms with Crippen LogP contribution in [0.4, 0.5) is 0 Å². The van der Waals surface area contributed by atoms with Crippen LogP contribution in [0.1, 0.15) is 42.5 Å². The Morgan fingerprint density at radius 1 is 1.19 bits per heavy atom. The van der Waals surface area contributed by atoms with E-state index in [9.17, 15) is 9.59 Å². The summed E-state index contributed by atoms with van der Waals surface area (Å²) in [5.74, 6) is 1.28. The molecule has 2 N–H and O–H groups in total. The maximum Gasteiger partial charge on any atom is 0.233 e. The molecular weight excluding hydrogens is 426 g/mol. The SMILES string of the molecule is CCCN(Cc1ccc(C)cc1)C(=O)CSc1nnc(CCC(N)=O)n1Cc1ccco1. The lowest BCUT2D eigenvalue weighted by molar-refractivity contribution is -0.129. The quantitative estimate of drug-likeness (QED) is 0.420. The minimum atomic E-state index is -0.395. The molecular formula is C23H29N5O3S. The summed E-state index contributed by atoms with van der Waals surface area (Å²) >= 11 is 1.34. The van der Waals surface area contributed by atoms with E-state index < -0.39 is 5.91 Å². The molecule has 2 heterocycles. The second-order valence-electron chi connectivity index (χ2n) is 7.62. The number of furan rings is 1. The fourth-order valence-electron chi connectivity index (χ4n) is 3.26. The zero-order valence-electron chi connectivity index (χ0n) is 18.5. The number of carbonyl (C=O) groups excluding carboxylic acids is 2. The number of primary amides is 1. The van der Waals surface area contributed by atoms with Gasteiger partial charge in [0.25, 0.3) is 0 Å². The van der Waals surface area contributed by atoms with E-state index in [1.54, 1.807) is 6.26 Å². The summed E-state index contributed by atoms with van der Waals surface area (Å²) in [6.45, 7) is 5.80. The van der Waals surface area contributed by atoms with Crippen LogP contribution in [0.3, 0.4) is 0 Å². The monoisotopic (exact) mass is 455 g/mol. The third-order valence-corrected chi connectivity index (χ3v) is 5.90. The van der Waals surface area contributed by atoms with E-state index in [-0.39, 0.29) is 18.1 Å². The number of rotatable bonds is 12. The average Bonchev–Trinajstić information content (AvgIpc) is 3.42. The van der Waals surface area contributed by atoms with Crippen LogP contribution in [0.5, 0.6) is 0 Å². The van der Waals surface area contributed by atoms with Gasteiger partial charge in [0.05, 0.1) is 18.6 Å². The molecule has 0 unspecified atom stereocenters. The molecule has 0 aliphatic rings. The van der Waals surface area contributed by atoms with Gasteiger partial charge in [-0.15, -0.1) is 10.2 Å². The number of benzene rings is 1. The van der Waals surface area contributed by atoms with Crippen LogP contribution in [-0.4, -0.2) is 43.8 Å². The third kappa shape index (κ3) is 6.71. The molecule has 2 amide bonds. The van der Waals surface area contributed by atoms with E-state index in [0.717, 1.165) is 17.7 Å². The molecule has 0 aliphatic heterocycles. The number of aryl methyl sites for hydroxylation is 2. The van der Waals surface area contributed by atoms with Gasteiger partial charge in [-0.2, -0.15) is 0 Å². The van der Waals surface area contributed by atoms with Crippen molar-refractivity contribution < 1.29 is 14.0 Å². The Labute approximate surface area is 192 Å². The number of carbonyl (C=O) groups is 2. The first-order valence-corrected chi connectivity index (χ1v) is 11.6. The van der Waals surface area contributed by atoms with Crippen molar-refractivity contribution in [3.63, 3.8) is 0 Å². The molecule has 0 bridgehead atoms. The minimum absolute atomic E-state index is 0.0451. The van der Waals surface area contributed by atoms with Crippen molar-refractivity contribution in [1.82, 2.24) is 19.7 Å². The van der Waals surface area contributed by atoms with E-state index >= 15 is 0 Å². The predicted molar refractivity (Wildman–Crippen MR) is 123 cm³/mol. The van der Waals surface area contributed by atoms with Crippen LogP contribution in [0.15, 0.2) is 52.2 Å². The molecule has 0 saturated carbocycles. The largest absolute Gasteiger partial charge is 0.467 e. The van der Waals surface area contributed by atoms with Gasteiger partial charge in [0.2, 0.25) is 11.8 Å². The minimum Gasteiger partial charge on any atom is -0.467 e. The molecule has 3 aromatic rings. The summed E-state index contributed by atoms with van der Waals surface area (Å²) in [6.07, 6.45) is 3.05. The molecule has 0 spiro atoms. The van der Waals surface area contributed by atoms with E-state index in [1.165, 1.54) is 17.3 Å². The number of nitrogens with two attached hydrogens (primary N) is 1. The first kappa shape index (κ1) is 23.6. The van der Waals surface area contributed by atoms with Crippen molar-refractivity contribution in [3.05, 3.63) is 65.4 Å². The van der Waals surface area contributed by atoms with Crippen molar-refractivity contribution in [2.75, 3.05) is 12.3 Å². The average molecular weight is 456 g/mol. The number of thioether (sulfide) groups is 1. The van der Waals surface area contributed by atoms with Crippen LogP contribution in [-0.2, 0) is 29.1 Å². The normalized spacial score (nSPS) is 10.9. The van der Waals surface area contributed by atoms with Crippen molar-refractivity contribution in [1.29, 1.82) is 0 Å². The van der Waals surface area contributed by atoms with E-state index in [2.05, 4.69) is 41.4 Å². The molecule has 8 nitrogen and oxygen atoms in total. The molecule has 1 aromatic carbocycles. The van der Waals surface area contributed by atoms with Crippen LogP contribution in [0, 0.1) is 6.92 Å². The first-order valence-electron chi connectivity index (χ1n) is 10.6. The topological polar surface area (TPSA) is 107 Å². The summed E-state index contributed by atoms with van der Waals surface area (Å²) in [5.41, 5.74) is 7.60. The smallest absolute Gasteiger partial charge is 0.233 e. The van der Waals surface area contributed by atoms with Crippen LogP contribution < -0.4 is 5.73 Å². The summed E-state index contributed by atoms with van der Waals surface area (Å²) < 4.78 is 7.34. The van der Waals surface area contributed by atoms with Gasteiger partial charge in [0.1, 0.15) is 11.6 Å². The maximum absolute atomic E-state index is 13.0. The van der Waals surface area contributed by atoms with Crippen LogP contribution in [0.25, 0.3) is 0 Å². The van der Waals surface area contributed by atoms with Crippen molar-refractivity contribution in [2.24, 2.45) is 5.73 Å². The molecule has 170 valence electrons. The fourth-order valence-corrected chi connectivity index (χ4v) is 4.12. The second-order valence-corrected chi connectivity index (χ2v) is 8.56. The van der Waals surface area contributed by atoms with Gasteiger partial charge in [-0.25, -0.2) is 0 Å². The van der Waals surface area contributed by atoms with Gasteiger partial charge in [-0.05, 0) is 31.0 Å². The lowest BCUT2D eigenvalue weighted by Crippen LogP contribution is -2.32. The molecule has 3 rings (SSSR count). The molecule has 0 fully saturated rings. The molecule has 0 radical (unpaired) electrons. The highest BCUT2D eigenvalue weighted by Crippen LogP contribution is 2.21. The van der Waals surface area contributed by atoms with E-state index in [1.807, 2.05) is 28.5 Å². The maximum atomic E-state index is 13.0. The lowest BCUT2D eigenvalue weighted by atomic mass is 10.1. The molecule has 2 aromatic heterocycles. The zero-order chi connectivity index (χ0) is 22.9. The molecule has 32 heavy (non-hydrogen) atoms. The molecule has 0 saturated heterocycles.